The summed E-state index contributed by atoms with van der Waals surface area (Å²) in [5.74, 6) is -2.51. The third kappa shape index (κ3) is 7.13. The van der Waals surface area contributed by atoms with E-state index in [-0.39, 0.29) is 0 Å². The molecule has 0 spiro atoms. The van der Waals surface area contributed by atoms with E-state index in [4.69, 9.17) is 10.2 Å². The van der Waals surface area contributed by atoms with E-state index in [2.05, 4.69) is 14.3 Å². The summed E-state index contributed by atoms with van der Waals surface area (Å²) >= 11 is 0. The Morgan fingerprint density at radius 1 is 1.17 bits per heavy atom. The van der Waals surface area contributed by atoms with E-state index in [1.807, 2.05) is 0 Å². The van der Waals surface area contributed by atoms with E-state index in [9.17, 15) is 18.0 Å². The summed E-state index contributed by atoms with van der Waals surface area (Å²) in [7, 11) is -2.45. The van der Waals surface area contributed by atoms with Gasteiger partial charge in [-0.25, -0.2) is 9.59 Å². The largest absolute Gasteiger partial charge is 0.478 e. The molecule has 2 rings (SSSR count). The minimum atomic E-state index is -2.45. The van der Waals surface area contributed by atoms with Crippen LogP contribution in [0.1, 0.15) is 17.2 Å². The number of carbonyl (C=O) groups is 2. The van der Waals surface area contributed by atoms with E-state index in [1.54, 1.807) is 43.0 Å². The molecule has 2 heterocycles. The number of rotatable bonds is 5. The molecule has 10 heteroatoms. The number of carboxylic acid groups (broad SMARTS) is 2. The highest BCUT2D eigenvalue weighted by molar-refractivity contribution is 7.61. The highest BCUT2D eigenvalue weighted by atomic mass is 32.2. The highest BCUT2D eigenvalue weighted by Gasteiger charge is 2.13. The van der Waals surface area contributed by atoms with Gasteiger partial charge in [-0.1, -0.05) is 6.07 Å². The number of H-pyrrole nitrogens is 1. The molecule has 0 aliphatic rings. The molecule has 0 saturated carbocycles. The number of pyridine rings is 1. The molecule has 0 aliphatic heterocycles. The number of aliphatic carboxylic acids is 2. The number of hydrogen-bond acceptors (Lipinski definition) is 6. The van der Waals surface area contributed by atoms with Gasteiger partial charge in [-0.3, -0.25) is 4.98 Å². The van der Waals surface area contributed by atoms with Gasteiger partial charge in [0.1, 0.15) is 6.04 Å². The van der Waals surface area contributed by atoms with Gasteiger partial charge >= 0.3 is 22.4 Å². The van der Waals surface area contributed by atoms with Gasteiger partial charge in [0.15, 0.2) is 0 Å². The van der Waals surface area contributed by atoms with Crippen molar-refractivity contribution in [1.82, 2.24) is 9.97 Å². The molecule has 9 nitrogen and oxygen atoms in total. The normalized spacial score (nSPS) is 11.2. The molecule has 1 unspecified atom stereocenters. The molecule has 0 bridgehead atoms. The number of nitrogens with one attached hydrogen (secondary N) is 1. The topological polar surface area (TPSA) is 150 Å². The van der Waals surface area contributed by atoms with Crippen LogP contribution in [0.25, 0.3) is 0 Å². The predicted octanol–water partition coefficient (Wildman–Crippen LogP) is 1.27. The van der Waals surface area contributed by atoms with Crippen molar-refractivity contribution in [2.45, 2.75) is 6.04 Å². The highest BCUT2D eigenvalue weighted by Crippen LogP contribution is 2.24. The Labute approximate surface area is 138 Å². The summed E-state index contributed by atoms with van der Waals surface area (Å²) in [5.41, 5.74) is 1.53. The molecule has 0 fully saturated rings. The lowest BCUT2D eigenvalue weighted by atomic mass is 10.0. The number of hydrogen-bond donors (Lipinski definition) is 3. The van der Waals surface area contributed by atoms with Crippen LogP contribution in [0.15, 0.2) is 59.5 Å². The molecule has 126 valence electrons. The molecule has 0 amide bonds. The minimum absolute atomic E-state index is 0.529. The Hall–Kier alpha value is -3.27. The zero-order chi connectivity index (χ0) is 17.9. The Morgan fingerprint density at radius 2 is 1.83 bits per heavy atom. The SMILES string of the molecule is O=C(O)/C=C/C(=O)O.O=S(=O)=NC(c1cccnc1)c1cc[nH]c1. The van der Waals surface area contributed by atoms with Crippen LogP contribution in [0, 0.1) is 0 Å². The lowest BCUT2D eigenvalue weighted by Crippen LogP contribution is -1.96. The first kappa shape index (κ1) is 18.8. The standard InChI is InChI=1S/C10H9N3O2S.C4H4O4/c14-16(15)13-10(9-3-5-12-7-9)8-2-1-4-11-6-8;5-3(6)1-2-4(7)8/h1-7,10,12H;1-2H,(H,5,6)(H,7,8)/b;2-1+. The van der Waals surface area contributed by atoms with E-state index in [1.165, 1.54) is 0 Å². The lowest BCUT2D eigenvalue weighted by molar-refractivity contribution is -0.134. The number of aromatic nitrogens is 2. The van der Waals surface area contributed by atoms with Crippen LogP contribution in [-0.2, 0) is 20.1 Å². The number of carboxylic acids is 2. The Bertz CT molecular complexity index is 805. The van der Waals surface area contributed by atoms with Crippen LogP contribution < -0.4 is 0 Å². The van der Waals surface area contributed by atoms with Crippen molar-refractivity contribution >= 4 is 22.4 Å². The lowest BCUT2D eigenvalue weighted by Gasteiger charge is -2.07. The molecule has 3 N–H and O–H groups in total. The molecule has 0 saturated heterocycles. The van der Waals surface area contributed by atoms with Gasteiger partial charge in [0, 0.05) is 42.5 Å². The molecule has 24 heavy (non-hydrogen) atoms. The van der Waals surface area contributed by atoms with Crippen LogP contribution in [-0.4, -0.2) is 40.5 Å². The van der Waals surface area contributed by atoms with Crippen molar-refractivity contribution in [3.63, 3.8) is 0 Å². The van der Waals surface area contributed by atoms with Gasteiger partial charge in [-0.2, -0.15) is 12.8 Å². The fourth-order valence-electron chi connectivity index (χ4n) is 1.59. The molecule has 0 aliphatic carbocycles. The maximum Gasteiger partial charge on any atom is 0.328 e. The fraction of sp³-hybridized carbons (Fsp3) is 0.0714. The third-order valence-electron chi connectivity index (χ3n) is 2.50. The molecule has 2 aromatic heterocycles. The van der Waals surface area contributed by atoms with Crippen molar-refractivity contribution in [1.29, 1.82) is 0 Å². The van der Waals surface area contributed by atoms with Crippen LogP contribution in [0.2, 0.25) is 0 Å². The van der Waals surface area contributed by atoms with Gasteiger partial charge in [0.05, 0.1) is 0 Å². The number of aromatic amines is 1. The van der Waals surface area contributed by atoms with Crippen molar-refractivity contribution in [2.75, 3.05) is 0 Å². The van der Waals surface area contributed by atoms with Crippen LogP contribution in [0.4, 0.5) is 0 Å². The summed E-state index contributed by atoms with van der Waals surface area (Å²) in [6.45, 7) is 0. The average Bonchev–Trinajstić information content (AvgIpc) is 3.06. The van der Waals surface area contributed by atoms with Gasteiger partial charge in [0.2, 0.25) is 0 Å². The van der Waals surface area contributed by atoms with Gasteiger partial charge < -0.3 is 15.2 Å². The van der Waals surface area contributed by atoms with E-state index >= 15 is 0 Å². The second-order valence-electron chi connectivity index (χ2n) is 4.17. The first-order valence-corrected chi connectivity index (χ1v) is 7.40. The van der Waals surface area contributed by atoms with Crippen molar-refractivity contribution < 1.29 is 28.2 Å². The van der Waals surface area contributed by atoms with Crippen molar-refractivity contribution in [2.24, 2.45) is 4.36 Å². The zero-order valence-corrected chi connectivity index (χ0v) is 12.9. The zero-order valence-electron chi connectivity index (χ0n) is 12.1. The first-order valence-electron chi connectivity index (χ1n) is 6.37. The van der Waals surface area contributed by atoms with Crippen molar-refractivity contribution in [3.8, 4) is 0 Å². The van der Waals surface area contributed by atoms with E-state index in [0.717, 1.165) is 11.1 Å². The molecule has 0 aromatic carbocycles. The summed E-state index contributed by atoms with van der Waals surface area (Å²) in [5, 5.41) is 15.6. The molecule has 1 atom stereocenters. The molecule has 0 radical (unpaired) electrons. The Balaban J connectivity index is 0.000000307. The number of nitrogens with zero attached hydrogens (tertiary/aromatic N) is 2. The van der Waals surface area contributed by atoms with Crippen LogP contribution in [0.5, 0.6) is 0 Å². The average molecular weight is 351 g/mol. The van der Waals surface area contributed by atoms with Crippen LogP contribution in [0.3, 0.4) is 0 Å². The van der Waals surface area contributed by atoms with E-state index in [0.29, 0.717) is 12.2 Å². The predicted molar refractivity (Wildman–Crippen MR) is 82.6 cm³/mol. The third-order valence-corrected chi connectivity index (χ3v) is 2.88. The summed E-state index contributed by atoms with van der Waals surface area (Å²) < 4.78 is 25.0. The second-order valence-corrected chi connectivity index (χ2v) is 4.81. The molecular weight excluding hydrogens is 338 g/mol. The molecule has 2 aromatic rings. The summed E-state index contributed by atoms with van der Waals surface area (Å²) in [6, 6.07) is 4.80. The smallest absolute Gasteiger partial charge is 0.328 e. The second kappa shape index (κ2) is 9.69. The minimum Gasteiger partial charge on any atom is -0.478 e. The molecular formula is C14H13N3O6S. The maximum atomic E-state index is 10.7. The monoisotopic (exact) mass is 351 g/mol. The van der Waals surface area contributed by atoms with Gasteiger partial charge in [0.25, 0.3) is 0 Å². The summed E-state index contributed by atoms with van der Waals surface area (Å²) in [4.78, 5) is 25.9. The van der Waals surface area contributed by atoms with Gasteiger partial charge in [-0.05, 0) is 17.7 Å². The quantitative estimate of drug-likeness (QED) is 0.686. The Kier molecular flexibility index (Phi) is 7.58. The van der Waals surface area contributed by atoms with Crippen LogP contribution >= 0.6 is 0 Å². The van der Waals surface area contributed by atoms with Crippen molar-refractivity contribution in [3.05, 3.63) is 66.3 Å². The Morgan fingerprint density at radius 3 is 2.25 bits per heavy atom. The first-order chi connectivity index (χ1) is 11.4. The van der Waals surface area contributed by atoms with E-state index < -0.39 is 28.5 Å². The van der Waals surface area contributed by atoms with Gasteiger partial charge in [-0.15, -0.1) is 0 Å². The maximum absolute atomic E-state index is 10.7. The summed E-state index contributed by atoms with van der Waals surface area (Å²) in [6.07, 6.45) is 7.79. The fourth-order valence-corrected chi connectivity index (χ4v) is 2.00.